The first-order chi connectivity index (χ1) is 18.9. The standard InChI is InChI=1S/C31H37NO7S/c1-23-6-18-29(19-7-23)40(35,36)38-22-26(20-33)21-37-28-16-12-25(13-17-28)9-8-24-10-14-27(15-11-24)32(5)30(34)39-31(2,3)4/h6-19,26,33H,20-22H2,1-5H3/b9-8+. The molecule has 1 N–H and O–H groups in total. The highest BCUT2D eigenvalue weighted by molar-refractivity contribution is 7.86. The molecule has 0 saturated heterocycles. The Kier molecular flexibility index (Phi) is 10.5. The van der Waals surface area contributed by atoms with E-state index in [4.69, 9.17) is 13.7 Å². The third-order valence-electron chi connectivity index (χ3n) is 5.81. The predicted molar refractivity (Wildman–Crippen MR) is 157 cm³/mol. The van der Waals surface area contributed by atoms with Gasteiger partial charge < -0.3 is 14.6 Å². The maximum atomic E-state index is 12.4. The monoisotopic (exact) mass is 567 g/mol. The number of hydrogen-bond donors (Lipinski definition) is 1. The number of nitrogens with zero attached hydrogens (tertiary/aromatic N) is 1. The molecule has 0 spiro atoms. The number of amides is 1. The Morgan fingerprint density at radius 3 is 1.98 bits per heavy atom. The van der Waals surface area contributed by atoms with Crippen LogP contribution in [-0.4, -0.2) is 52.1 Å². The second-order valence-electron chi connectivity index (χ2n) is 10.4. The fourth-order valence-corrected chi connectivity index (χ4v) is 4.42. The van der Waals surface area contributed by atoms with Crippen LogP contribution in [0.3, 0.4) is 0 Å². The van der Waals surface area contributed by atoms with Crippen LogP contribution in [0.2, 0.25) is 0 Å². The summed E-state index contributed by atoms with van der Waals surface area (Å²) in [6.07, 6.45) is 3.50. The molecule has 3 rings (SSSR count). The number of carbonyl (C=O) groups excluding carboxylic acids is 1. The van der Waals surface area contributed by atoms with E-state index in [9.17, 15) is 18.3 Å². The van der Waals surface area contributed by atoms with E-state index in [0.717, 1.165) is 22.4 Å². The average molecular weight is 568 g/mol. The number of ether oxygens (including phenoxy) is 2. The lowest BCUT2D eigenvalue weighted by Gasteiger charge is -2.24. The Hall–Kier alpha value is -3.66. The maximum absolute atomic E-state index is 12.4. The Balaban J connectivity index is 1.50. The van der Waals surface area contributed by atoms with Crippen molar-refractivity contribution in [3.05, 3.63) is 89.5 Å². The van der Waals surface area contributed by atoms with E-state index >= 15 is 0 Å². The smallest absolute Gasteiger partial charge is 0.414 e. The first kappa shape index (κ1) is 30.9. The summed E-state index contributed by atoms with van der Waals surface area (Å²) in [5, 5.41) is 9.66. The van der Waals surface area contributed by atoms with Crippen LogP contribution in [0.5, 0.6) is 5.75 Å². The van der Waals surface area contributed by atoms with Gasteiger partial charge in [0.1, 0.15) is 11.4 Å². The Labute approximate surface area is 236 Å². The largest absolute Gasteiger partial charge is 0.493 e. The molecular formula is C31H37NO7S. The molecule has 8 nitrogen and oxygen atoms in total. The molecule has 1 atom stereocenters. The third kappa shape index (κ3) is 9.51. The van der Waals surface area contributed by atoms with Gasteiger partial charge in [0.05, 0.1) is 24.7 Å². The second kappa shape index (κ2) is 13.6. The number of anilines is 1. The van der Waals surface area contributed by atoms with E-state index in [0.29, 0.717) is 5.75 Å². The van der Waals surface area contributed by atoms with Crippen molar-refractivity contribution < 1.29 is 32.0 Å². The highest BCUT2D eigenvalue weighted by atomic mass is 32.2. The van der Waals surface area contributed by atoms with Gasteiger partial charge in [-0.25, -0.2) is 4.79 Å². The van der Waals surface area contributed by atoms with E-state index in [1.54, 1.807) is 31.3 Å². The molecule has 0 radical (unpaired) electrons. The van der Waals surface area contributed by atoms with Gasteiger partial charge in [-0.1, -0.05) is 54.1 Å². The van der Waals surface area contributed by atoms with Gasteiger partial charge in [-0.05, 0) is 75.2 Å². The lowest BCUT2D eigenvalue weighted by Crippen LogP contribution is -2.34. The number of carbonyl (C=O) groups is 1. The molecule has 1 amide bonds. The molecule has 0 bridgehead atoms. The highest BCUT2D eigenvalue weighted by Gasteiger charge is 2.21. The highest BCUT2D eigenvalue weighted by Crippen LogP contribution is 2.20. The van der Waals surface area contributed by atoms with E-state index in [2.05, 4.69) is 0 Å². The summed E-state index contributed by atoms with van der Waals surface area (Å²) in [5.74, 6) is 0.0728. The molecule has 40 heavy (non-hydrogen) atoms. The minimum absolute atomic E-state index is 0.0726. The van der Waals surface area contributed by atoms with Gasteiger partial charge in [-0.3, -0.25) is 9.08 Å². The number of rotatable bonds is 11. The zero-order valence-corrected chi connectivity index (χ0v) is 24.4. The summed E-state index contributed by atoms with van der Waals surface area (Å²) in [6.45, 7) is 6.98. The van der Waals surface area contributed by atoms with Crippen LogP contribution < -0.4 is 9.64 Å². The molecule has 1 unspecified atom stereocenters. The zero-order chi connectivity index (χ0) is 29.3. The van der Waals surface area contributed by atoms with Crippen LogP contribution in [0, 0.1) is 12.8 Å². The summed E-state index contributed by atoms with van der Waals surface area (Å²) in [5.41, 5.74) is 3.03. The Bertz CT molecular complexity index is 1380. The van der Waals surface area contributed by atoms with E-state index < -0.39 is 27.7 Å². The third-order valence-corrected chi connectivity index (χ3v) is 7.10. The topological polar surface area (TPSA) is 102 Å². The van der Waals surface area contributed by atoms with Crippen LogP contribution in [0.15, 0.2) is 77.7 Å². The first-order valence-electron chi connectivity index (χ1n) is 12.9. The minimum atomic E-state index is -3.91. The number of benzene rings is 3. The van der Waals surface area contributed by atoms with Crippen LogP contribution in [0.4, 0.5) is 10.5 Å². The van der Waals surface area contributed by atoms with Crippen molar-refractivity contribution in [2.75, 3.05) is 31.8 Å². The van der Waals surface area contributed by atoms with Gasteiger partial charge in [-0.2, -0.15) is 8.42 Å². The van der Waals surface area contributed by atoms with E-state index in [1.165, 1.54) is 17.0 Å². The van der Waals surface area contributed by atoms with Crippen molar-refractivity contribution in [2.45, 2.75) is 38.2 Å². The van der Waals surface area contributed by atoms with Gasteiger partial charge in [-0.15, -0.1) is 0 Å². The molecule has 3 aromatic carbocycles. The fraction of sp³-hybridized carbons (Fsp3) is 0.323. The molecular weight excluding hydrogens is 530 g/mol. The van der Waals surface area contributed by atoms with Crippen LogP contribution in [0.25, 0.3) is 12.2 Å². The van der Waals surface area contributed by atoms with Gasteiger partial charge in [0, 0.05) is 18.7 Å². The molecule has 9 heteroatoms. The van der Waals surface area contributed by atoms with Gasteiger partial charge in [0.15, 0.2) is 0 Å². The fourth-order valence-electron chi connectivity index (χ4n) is 3.44. The first-order valence-corrected chi connectivity index (χ1v) is 14.3. The number of aliphatic hydroxyl groups excluding tert-OH is 1. The van der Waals surface area contributed by atoms with Crippen molar-refractivity contribution in [2.24, 2.45) is 5.92 Å². The van der Waals surface area contributed by atoms with Crippen LogP contribution in [-0.2, 0) is 19.0 Å². The van der Waals surface area contributed by atoms with Crippen molar-refractivity contribution in [3.8, 4) is 5.75 Å². The molecule has 0 aliphatic rings. The van der Waals surface area contributed by atoms with E-state index in [-0.39, 0.29) is 24.7 Å². The molecule has 3 aromatic rings. The molecule has 0 heterocycles. The van der Waals surface area contributed by atoms with Crippen LogP contribution in [0.1, 0.15) is 37.5 Å². The van der Waals surface area contributed by atoms with Gasteiger partial charge >= 0.3 is 6.09 Å². The van der Waals surface area contributed by atoms with Gasteiger partial charge in [0.2, 0.25) is 0 Å². The summed E-state index contributed by atoms with van der Waals surface area (Å²) in [6, 6.07) is 21.3. The molecule has 0 aromatic heterocycles. The molecule has 0 aliphatic carbocycles. The normalized spacial score (nSPS) is 12.8. The van der Waals surface area contributed by atoms with Gasteiger partial charge in [0.25, 0.3) is 10.1 Å². The summed E-state index contributed by atoms with van der Waals surface area (Å²) >= 11 is 0. The molecule has 214 valence electrons. The Morgan fingerprint density at radius 1 is 0.900 bits per heavy atom. The number of aryl methyl sites for hydroxylation is 1. The zero-order valence-electron chi connectivity index (χ0n) is 23.5. The summed E-state index contributed by atoms with van der Waals surface area (Å²) in [7, 11) is -2.24. The molecule has 0 saturated carbocycles. The van der Waals surface area contributed by atoms with Crippen LogP contribution >= 0.6 is 0 Å². The lowest BCUT2D eigenvalue weighted by atomic mass is 10.1. The maximum Gasteiger partial charge on any atom is 0.414 e. The predicted octanol–water partition coefficient (Wildman–Crippen LogP) is 5.93. The number of aliphatic hydroxyl groups is 1. The van der Waals surface area contributed by atoms with E-state index in [1.807, 2.05) is 76.2 Å². The average Bonchev–Trinajstić information content (AvgIpc) is 2.92. The summed E-state index contributed by atoms with van der Waals surface area (Å²) in [4.78, 5) is 13.8. The minimum Gasteiger partial charge on any atom is -0.493 e. The van der Waals surface area contributed by atoms with Crippen molar-refractivity contribution >= 4 is 34.1 Å². The second-order valence-corrected chi connectivity index (χ2v) is 12.1. The molecule has 0 fully saturated rings. The lowest BCUT2D eigenvalue weighted by molar-refractivity contribution is 0.0589. The van der Waals surface area contributed by atoms with Crippen molar-refractivity contribution in [1.82, 2.24) is 0 Å². The quantitative estimate of drug-likeness (QED) is 0.226. The van der Waals surface area contributed by atoms with Crippen molar-refractivity contribution in [1.29, 1.82) is 0 Å². The SMILES string of the molecule is Cc1ccc(S(=O)(=O)OCC(CO)COc2ccc(/C=C/c3ccc(N(C)C(=O)OC(C)(C)C)cc3)cc2)cc1. The number of hydrogen-bond acceptors (Lipinski definition) is 7. The van der Waals surface area contributed by atoms with Crippen molar-refractivity contribution in [3.63, 3.8) is 0 Å². The summed E-state index contributed by atoms with van der Waals surface area (Å²) < 4.78 is 41.1. The molecule has 0 aliphatic heterocycles. The Morgan fingerprint density at radius 2 is 1.45 bits per heavy atom.